The lowest BCUT2D eigenvalue weighted by atomic mass is 10.4. The number of rotatable bonds is 1. The number of carbonyl (C=O) groups excluding carboxylic acids is 2. The van der Waals surface area contributed by atoms with Crippen molar-refractivity contribution in [2.45, 2.75) is 6.42 Å². The van der Waals surface area contributed by atoms with Gasteiger partial charge in [-0.2, -0.15) is 0 Å². The number of hydrogen-bond donors (Lipinski definition) is 0. The highest BCUT2D eigenvalue weighted by molar-refractivity contribution is 9.13. The molecule has 1 fully saturated rings. The van der Waals surface area contributed by atoms with E-state index in [4.69, 9.17) is 0 Å². The van der Waals surface area contributed by atoms with Gasteiger partial charge in [-0.15, -0.1) is 11.3 Å². The van der Waals surface area contributed by atoms with Crippen molar-refractivity contribution in [2.75, 3.05) is 13.1 Å². The van der Waals surface area contributed by atoms with Gasteiger partial charge >= 0.3 is 0 Å². The number of ketones is 1. The van der Waals surface area contributed by atoms with Crippen LogP contribution in [0.1, 0.15) is 16.1 Å². The van der Waals surface area contributed by atoms with Crippen molar-refractivity contribution in [1.29, 1.82) is 0 Å². The molecule has 0 aromatic carbocycles. The van der Waals surface area contributed by atoms with Gasteiger partial charge in [0.1, 0.15) is 0 Å². The van der Waals surface area contributed by atoms with Crippen molar-refractivity contribution in [3.8, 4) is 0 Å². The lowest BCUT2D eigenvalue weighted by Gasteiger charge is -2.12. The zero-order valence-electron chi connectivity index (χ0n) is 7.63. The quantitative estimate of drug-likeness (QED) is 0.779. The molecule has 1 aliphatic heterocycles. The number of carbonyl (C=O) groups is 2. The Hall–Kier alpha value is -0.200. The Morgan fingerprint density at radius 1 is 1.47 bits per heavy atom. The summed E-state index contributed by atoms with van der Waals surface area (Å²) in [5.74, 6) is 0.0790. The highest BCUT2D eigenvalue weighted by Crippen LogP contribution is 2.33. The lowest BCUT2D eigenvalue weighted by molar-refractivity contribution is -0.116. The summed E-state index contributed by atoms with van der Waals surface area (Å²) >= 11 is 8.05. The summed E-state index contributed by atoms with van der Waals surface area (Å²) in [5.41, 5.74) is 0. The molecule has 1 aliphatic rings. The molecule has 1 amide bonds. The van der Waals surface area contributed by atoms with E-state index in [1.807, 2.05) is 0 Å². The first-order chi connectivity index (χ1) is 7.08. The van der Waals surface area contributed by atoms with E-state index in [-0.39, 0.29) is 18.2 Å². The molecule has 6 heteroatoms. The molecule has 1 aromatic heterocycles. The first kappa shape index (κ1) is 11.3. The molecule has 0 atom stereocenters. The van der Waals surface area contributed by atoms with E-state index in [0.717, 1.165) is 8.26 Å². The fourth-order valence-electron chi connectivity index (χ4n) is 1.41. The molecular formula is C9H7Br2NO2S. The van der Waals surface area contributed by atoms with Gasteiger partial charge in [0, 0.05) is 17.4 Å². The van der Waals surface area contributed by atoms with Crippen molar-refractivity contribution < 1.29 is 9.59 Å². The smallest absolute Gasteiger partial charge is 0.264 e. The van der Waals surface area contributed by atoms with Gasteiger partial charge < -0.3 is 4.90 Å². The topological polar surface area (TPSA) is 37.4 Å². The number of hydrogen-bond acceptors (Lipinski definition) is 3. The zero-order chi connectivity index (χ0) is 11.0. The summed E-state index contributed by atoms with van der Waals surface area (Å²) in [6.07, 6.45) is 0.486. The lowest BCUT2D eigenvalue weighted by Crippen LogP contribution is -2.27. The van der Waals surface area contributed by atoms with Gasteiger partial charge in [0.05, 0.1) is 15.2 Å². The Labute approximate surface area is 108 Å². The van der Waals surface area contributed by atoms with Gasteiger partial charge in [0.25, 0.3) is 5.91 Å². The Morgan fingerprint density at radius 2 is 2.20 bits per heavy atom. The second-order valence-corrected chi connectivity index (χ2v) is 6.47. The minimum atomic E-state index is -0.0581. The van der Waals surface area contributed by atoms with Crippen molar-refractivity contribution in [3.05, 3.63) is 19.2 Å². The van der Waals surface area contributed by atoms with Crippen molar-refractivity contribution >= 4 is 54.9 Å². The number of nitrogens with zero attached hydrogens (tertiary/aromatic N) is 1. The van der Waals surface area contributed by atoms with E-state index in [9.17, 15) is 9.59 Å². The first-order valence-corrected chi connectivity index (χ1v) is 6.74. The summed E-state index contributed by atoms with van der Waals surface area (Å²) in [4.78, 5) is 25.2. The largest absolute Gasteiger partial charge is 0.330 e. The average Bonchev–Trinajstić information content (AvgIpc) is 2.74. The van der Waals surface area contributed by atoms with E-state index in [1.54, 1.807) is 11.0 Å². The van der Waals surface area contributed by atoms with Crippen LogP contribution in [0.5, 0.6) is 0 Å². The van der Waals surface area contributed by atoms with Crippen LogP contribution in [0, 0.1) is 0 Å². The third kappa shape index (κ3) is 2.32. The van der Waals surface area contributed by atoms with Crippen LogP contribution in [-0.2, 0) is 4.79 Å². The summed E-state index contributed by atoms with van der Waals surface area (Å²) < 4.78 is 1.78. The van der Waals surface area contributed by atoms with Crippen LogP contribution < -0.4 is 0 Å². The van der Waals surface area contributed by atoms with E-state index in [0.29, 0.717) is 17.8 Å². The third-order valence-electron chi connectivity index (χ3n) is 2.17. The van der Waals surface area contributed by atoms with Crippen LogP contribution >= 0.6 is 43.2 Å². The maximum absolute atomic E-state index is 11.9. The first-order valence-electron chi connectivity index (χ1n) is 4.33. The van der Waals surface area contributed by atoms with Crippen LogP contribution in [-0.4, -0.2) is 29.7 Å². The van der Waals surface area contributed by atoms with Gasteiger partial charge in [-0.3, -0.25) is 9.59 Å². The number of likely N-dealkylation sites (tertiary alicyclic amines) is 1. The average molecular weight is 353 g/mol. The summed E-state index contributed by atoms with van der Waals surface area (Å²) in [7, 11) is 0. The number of thiophene rings is 1. The van der Waals surface area contributed by atoms with Crippen LogP contribution in [0.15, 0.2) is 14.3 Å². The maximum Gasteiger partial charge on any atom is 0.264 e. The van der Waals surface area contributed by atoms with Gasteiger partial charge in [0.2, 0.25) is 0 Å². The standard InChI is InChI=1S/C9H7Br2NO2S/c10-6-3-7(15-8(6)11)9(14)12-2-1-5(13)4-12/h3H,1-2,4H2. The fourth-order valence-corrected chi connectivity index (χ4v) is 3.42. The van der Waals surface area contributed by atoms with Crippen LogP contribution in [0.2, 0.25) is 0 Å². The molecule has 0 saturated carbocycles. The summed E-state index contributed by atoms with van der Waals surface area (Å²) in [5, 5.41) is 0. The molecule has 2 heterocycles. The van der Waals surface area contributed by atoms with Crippen molar-refractivity contribution in [1.82, 2.24) is 4.90 Å². The summed E-state index contributed by atoms with van der Waals surface area (Å²) in [6.45, 7) is 0.802. The van der Waals surface area contributed by atoms with Gasteiger partial charge in [-0.25, -0.2) is 0 Å². The number of Topliss-reactive ketones (excluding diaryl/α,β-unsaturated/α-hetero) is 1. The molecule has 80 valence electrons. The van der Waals surface area contributed by atoms with E-state index >= 15 is 0 Å². The van der Waals surface area contributed by atoms with Crippen LogP contribution in [0.25, 0.3) is 0 Å². The van der Waals surface area contributed by atoms with Crippen molar-refractivity contribution in [2.24, 2.45) is 0 Å². The van der Waals surface area contributed by atoms with Crippen LogP contribution in [0.3, 0.4) is 0 Å². The highest BCUT2D eigenvalue weighted by atomic mass is 79.9. The second-order valence-electron chi connectivity index (χ2n) is 3.25. The Morgan fingerprint density at radius 3 is 2.67 bits per heavy atom. The molecule has 0 aliphatic carbocycles. The fraction of sp³-hybridized carbons (Fsp3) is 0.333. The monoisotopic (exact) mass is 351 g/mol. The highest BCUT2D eigenvalue weighted by Gasteiger charge is 2.26. The minimum Gasteiger partial charge on any atom is -0.330 e. The van der Waals surface area contributed by atoms with E-state index < -0.39 is 0 Å². The number of halogens is 2. The predicted molar refractivity (Wildman–Crippen MR) is 65.2 cm³/mol. The molecule has 3 nitrogen and oxygen atoms in total. The third-order valence-corrected chi connectivity index (χ3v) is 5.42. The van der Waals surface area contributed by atoms with Crippen LogP contribution in [0.4, 0.5) is 0 Å². The minimum absolute atomic E-state index is 0.0581. The maximum atomic E-state index is 11.9. The normalized spacial score (nSPS) is 16.1. The molecule has 2 rings (SSSR count). The molecule has 0 spiro atoms. The van der Waals surface area contributed by atoms with Gasteiger partial charge in [-0.1, -0.05) is 0 Å². The zero-order valence-corrected chi connectivity index (χ0v) is 11.6. The molecule has 1 saturated heterocycles. The van der Waals surface area contributed by atoms with E-state index in [1.165, 1.54) is 11.3 Å². The Kier molecular flexibility index (Phi) is 3.27. The van der Waals surface area contributed by atoms with Gasteiger partial charge in [0.15, 0.2) is 5.78 Å². The summed E-state index contributed by atoms with van der Waals surface area (Å²) in [6, 6.07) is 1.78. The molecular weight excluding hydrogens is 346 g/mol. The molecule has 0 radical (unpaired) electrons. The van der Waals surface area contributed by atoms with E-state index in [2.05, 4.69) is 31.9 Å². The predicted octanol–water partition coefficient (Wildman–Crippen LogP) is 2.69. The Balaban J connectivity index is 2.17. The Bertz CT molecular complexity index is 410. The molecule has 0 bridgehead atoms. The molecule has 0 N–H and O–H groups in total. The molecule has 15 heavy (non-hydrogen) atoms. The van der Waals surface area contributed by atoms with Crippen molar-refractivity contribution in [3.63, 3.8) is 0 Å². The SMILES string of the molecule is O=C1CCN(C(=O)c2cc(Br)c(Br)s2)C1. The second kappa shape index (κ2) is 4.35. The molecule has 1 aromatic rings. The molecule has 0 unspecified atom stereocenters. The van der Waals surface area contributed by atoms with Gasteiger partial charge in [-0.05, 0) is 37.9 Å². The number of amides is 1.